The van der Waals surface area contributed by atoms with Gasteiger partial charge in [-0.25, -0.2) is 4.79 Å². The minimum absolute atomic E-state index is 0.000709. The quantitative estimate of drug-likeness (QED) is 0.847. The Bertz CT molecular complexity index is 739. The molecule has 5 heteroatoms. The zero-order valence-corrected chi connectivity index (χ0v) is 14.3. The predicted octanol–water partition coefficient (Wildman–Crippen LogP) is 3.48. The van der Waals surface area contributed by atoms with Crippen LogP contribution in [0.3, 0.4) is 0 Å². The van der Waals surface area contributed by atoms with Crippen LogP contribution in [0.1, 0.15) is 30.9 Å². The first-order valence-electron chi connectivity index (χ1n) is 8.34. The average Bonchev–Trinajstić information content (AvgIpc) is 2.92. The van der Waals surface area contributed by atoms with E-state index in [0.717, 1.165) is 11.1 Å². The molecule has 130 valence electrons. The molecule has 25 heavy (non-hydrogen) atoms. The van der Waals surface area contributed by atoms with E-state index >= 15 is 0 Å². The molecule has 1 N–H and O–H groups in total. The monoisotopic (exact) mass is 339 g/mol. The van der Waals surface area contributed by atoms with Crippen LogP contribution in [0.5, 0.6) is 0 Å². The highest BCUT2D eigenvalue weighted by Gasteiger charge is 2.29. The summed E-state index contributed by atoms with van der Waals surface area (Å²) in [7, 11) is 0. The number of nitrogens with one attached hydrogen (secondary N) is 1. The van der Waals surface area contributed by atoms with Crippen molar-refractivity contribution in [1.29, 1.82) is 0 Å². The minimum atomic E-state index is -0.623. The molecule has 3 rings (SSSR count). The van der Waals surface area contributed by atoms with Crippen molar-refractivity contribution in [2.45, 2.75) is 25.9 Å². The van der Waals surface area contributed by atoms with Crippen molar-refractivity contribution in [3.63, 3.8) is 0 Å². The van der Waals surface area contributed by atoms with E-state index in [1.807, 2.05) is 24.3 Å². The summed E-state index contributed by atoms with van der Waals surface area (Å²) in [6.45, 7) is 3.53. The van der Waals surface area contributed by atoms with Gasteiger partial charge in [0, 0.05) is 5.92 Å². The Hall–Kier alpha value is -2.82. The van der Waals surface area contributed by atoms with E-state index in [1.165, 1.54) is 11.1 Å². The highest BCUT2D eigenvalue weighted by molar-refractivity contribution is 5.80. The van der Waals surface area contributed by atoms with Crippen LogP contribution in [0.25, 0.3) is 11.1 Å². The fraction of sp³-hybridized carbons (Fsp3) is 0.300. The lowest BCUT2D eigenvalue weighted by Gasteiger charge is -2.14. The minimum Gasteiger partial charge on any atom is -0.462 e. The summed E-state index contributed by atoms with van der Waals surface area (Å²) >= 11 is 0. The second-order valence-corrected chi connectivity index (χ2v) is 6.22. The highest BCUT2D eigenvalue weighted by atomic mass is 16.6. The molecule has 1 amide bonds. The van der Waals surface area contributed by atoms with E-state index < -0.39 is 12.1 Å². The van der Waals surface area contributed by atoms with Crippen molar-refractivity contribution >= 4 is 12.1 Å². The van der Waals surface area contributed by atoms with Crippen LogP contribution >= 0.6 is 0 Å². The maximum Gasteiger partial charge on any atom is 0.407 e. The van der Waals surface area contributed by atoms with Gasteiger partial charge < -0.3 is 14.8 Å². The van der Waals surface area contributed by atoms with Gasteiger partial charge in [-0.3, -0.25) is 4.79 Å². The third kappa shape index (κ3) is 3.82. The number of hydrogen-bond donors (Lipinski definition) is 1. The average molecular weight is 339 g/mol. The van der Waals surface area contributed by atoms with Gasteiger partial charge in [-0.2, -0.15) is 0 Å². The Morgan fingerprint density at radius 3 is 2.12 bits per heavy atom. The second-order valence-electron chi connectivity index (χ2n) is 6.22. The van der Waals surface area contributed by atoms with Crippen molar-refractivity contribution in [1.82, 2.24) is 5.32 Å². The molecule has 1 aliphatic rings. The van der Waals surface area contributed by atoms with Crippen LogP contribution < -0.4 is 5.32 Å². The fourth-order valence-corrected chi connectivity index (χ4v) is 3.10. The lowest BCUT2D eigenvalue weighted by molar-refractivity contribution is -0.146. The number of amides is 1. The van der Waals surface area contributed by atoms with Crippen LogP contribution in [0.2, 0.25) is 0 Å². The molecule has 0 saturated carbocycles. The molecular formula is C20H21NO4. The number of esters is 1. The number of ether oxygens (including phenoxy) is 2. The van der Waals surface area contributed by atoms with Gasteiger partial charge in [0.25, 0.3) is 0 Å². The summed E-state index contributed by atoms with van der Waals surface area (Å²) in [6, 6.07) is 16.3. The maximum absolute atomic E-state index is 11.9. The summed E-state index contributed by atoms with van der Waals surface area (Å²) in [5, 5.41) is 2.42. The fourth-order valence-electron chi connectivity index (χ4n) is 3.10. The Morgan fingerprint density at radius 1 is 1.00 bits per heavy atom. The Balaban J connectivity index is 1.62. The van der Waals surface area contributed by atoms with Gasteiger partial charge in [-0.15, -0.1) is 0 Å². The molecule has 2 aromatic carbocycles. The third-order valence-electron chi connectivity index (χ3n) is 4.09. The van der Waals surface area contributed by atoms with Crippen molar-refractivity contribution in [2.24, 2.45) is 0 Å². The van der Waals surface area contributed by atoms with Crippen LogP contribution in [0.4, 0.5) is 4.79 Å². The Morgan fingerprint density at radius 2 is 1.56 bits per heavy atom. The summed E-state index contributed by atoms with van der Waals surface area (Å²) < 4.78 is 10.3. The van der Waals surface area contributed by atoms with Gasteiger partial charge >= 0.3 is 12.1 Å². The van der Waals surface area contributed by atoms with E-state index in [2.05, 4.69) is 29.6 Å². The first-order valence-corrected chi connectivity index (χ1v) is 8.34. The van der Waals surface area contributed by atoms with E-state index in [1.54, 1.807) is 13.8 Å². The Kier molecular flexibility index (Phi) is 5.03. The van der Waals surface area contributed by atoms with Crippen molar-refractivity contribution in [3.8, 4) is 11.1 Å². The number of carbonyl (C=O) groups is 2. The molecule has 0 unspecified atom stereocenters. The van der Waals surface area contributed by atoms with E-state index in [9.17, 15) is 9.59 Å². The predicted molar refractivity (Wildman–Crippen MR) is 94.3 cm³/mol. The van der Waals surface area contributed by atoms with Crippen LogP contribution in [0, 0.1) is 0 Å². The van der Waals surface area contributed by atoms with Crippen LogP contribution in [-0.4, -0.2) is 31.3 Å². The topological polar surface area (TPSA) is 64.6 Å². The number of rotatable bonds is 5. The van der Waals surface area contributed by atoms with Crippen molar-refractivity contribution in [2.75, 3.05) is 13.2 Å². The summed E-state index contributed by atoms with van der Waals surface area (Å²) in [6.07, 6.45) is -0.834. The molecule has 1 aliphatic carbocycles. The highest BCUT2D eigenvalue weighted by Crippen LogP contribution is 2.44. The molecule has 0 spiro atoms. The number of fused-ring (bicyclic) bond motifs is 3. The molecule has 0 aromatic heterocycles. The van der Waals surface area contributed by atoms with E-state index in [0.29, 0.717) is 0 Å². The zero-order valence-electron chi connectivity index (χ0n) is 14.3. The molecule has 0 fully saturated rings. The third-order valence-corrected chi connectivity index (χ3v) is 4.09. The van der Waals surface area contributed by atoms with Crippen molar-refractivity contribution in [3.05, 3.63) is 59.7 Å². The van der Waals surface area contributed by atoms with E-state index in [-0.39, 0.29) is 25.2 Å². The molecule has 0 radical (unpaired) electrons. The largest absolute Gasteiger partial charge is 0.462 e. The van der Waals surface area contributed by atoms with Gasteiger partial charge in [0.05, 0.1) is 6.10 Å². The van der Waals surface area contributed by atoms with Gasteiger partial charge in [0.2, 0.25) is 0 Å². The molecule has 0 bridgehead atoms. The summed E-state index contributed by atoms with van der Waals surface area (Å²) in [4.78, 5) is 23.3. The standard InChI is InChI=1S/C20H21NO4/c1-13(2)25-19(22)11-21-20(23)24-12-18-16-9-5-3-7-14(16)15-8-4-6-10-17(15)18/h3-10,13,18H,11-12H2,1-2H3,(H,21,23). The number of benzene rings is 2. The normalized spacial score (nSPS) is 12.4. The molecule has 2 aromatic rings. The lowest BCUT2D eigenvalue weighted by atomic mass is 9.98. The molecule has 0 aliphatic heterocycles. The maximum atomic E-state index is 11.9. The zero-order chi connectivity index (χ0) is 17.8. The second kappa shape index (κ2) is 7.38. The van der Waals surface area contributed by atoms with Crippen LogP contribution in [0.15, 0.2) is 48.5 Å². The first-order chi connectivity index (χ1) is 12.1. The molecule has 0 heterocycles. The van der Waals surface area contributed by atoms with Gasteiger partial charge in [-0.1, -0.05) is 48.5 Å². The van der Waals surface area contributed by atoms with Crippen molar-refractivity contribution < 1.29 is 19.1 Å². The molecule has 5 nitrogen and oxygen atoms in total. The number of carbonyl (C=O) groups excluding carboxylic acids is 2. The smallest absolute Gasteiger partial charge is 0.407 e. The first kappa shape index (κ1) is 17.0. The lowest BCUT2D eigenvalue weighted by Crippen LogP contribution is -2.32. The SMILES string of the molecule is CC(C)OC(=O)CNC(=O)OCC1c2ccccc2-c2ccccc21. The molecule has 0 atom stereocenters. The number of hydrogen-bond acceptors (Lipinski definition) is 4. The van der Waals surface area contributed by atoms with Crippen LogP contribution in [-0.2, 0) is 14.3 Å². The Labute approximate surface area is 147 Å². The van der Waals surface area contributed by atoms with Gasteiger partial charge in [-0.05, 0) is 36.1 Å². The van der Waals surface area contributed by atoms with E-state index in [4.69, 9.17) is 9.47 Å². The number of alkyl carbamates (subject to hydrolysis) is 1. The summed E-state index contributed by atoms with van der Waals surface area (Å²) in [5.74, 6) is -0.482. The summed E-state index contributed by atoms with van der Waals surface area (Å²) in [5.41, 5.74) is 4.65. The van der Waals surface area contributed by atoms with Gasteiger partial charge in [0.15, 0.2) is 0 Å². The molecule has 0 saturated heterocycles. The van der Waals surface area contributed by atoms with Gasteiger partial charge in [0.1, 0.15) is 13.2 Å². The molecular weight excluding hydrogens is 318 g/mol.